The van der Waals surface area contributed by atoms with Crippen molar-refractivity contribution in [2.45, 2.75) is 0 Å². The van der Waals surface area contributed by atoms with E-state index in [4.69, 9.17) is 11.6 Å². The Morgan fingerprint density at radius 3 is 2.91 bits per heavy atom. The monoisotopic (exact) mass is 167 g/mol. The van der Waals surface area contributed by atoms with Crippen LogP contribution in [-0.2, 0) is 0 Å². The Hall–Kier alpha value is -1.15. The van der Waals surface area contributed by atoms with Crippen molar-refractivity contribution in [3.8, 4) is 0 Å². The zero-order valence-electron chi connectivity index (χ0n) is 5.75. The van der Waals surface area contributed by atoms with Gasteiger partial charge in [0, 0.05) is 11.8 Å². The van der Waals surface area contributed by atoms with Gasteiger partial charge in [0.05, 0.1) is 5.02 Å². The zero-order valence-corrected chi connectivity index (χ0v) is 6.51. The first-order valence-electron chi connectivity index (χ1n) is 3.01. The van der Waals surface area contributed by atoms with Crippen LogP contribution in [0.2, 0.25) is 5.02 Å². The van der Waals surface area contributed by atoms with Crippen molar-refractivity contribution in [2.75, 3.05) is 0 Å². The number of halogens is 1. The van der Waals surface area contributed by atoms with Crippen LogP contribution in [0.1, 0.15) is 16.1 Å². The van der Waals surface area contributed by atoms with Gasteiger partial charge in [-0.05, 0) is 6.07 Å². The molecule has 1 rings (SSSR count). The third kappa shape index (κ3) is 1.65. The average molecular weight is 168 g/mol. The van der Waals surface area contributed by atoms with Gasteiger partial charge in [0.2, 0.25) is 0 Å². The molecule has 0 aliphatic heterocycles. The Morgan fingerprint density at radius 2 is 2.36 bits per heavy atom. The lowest BCUT2D eigenvalue weighted by Crippen LogP contribution is -1.89. The Morgan fingerprint density at radius 1 is 1.64 bits per heavy atom. The molecule has 0 N–H and O–H groups in total. The van der Waals surface area contributed by atoms with Gasteiger partial charge in [0.25, 0.3) is 0 Å². The topological polar surface area (TPSA) is 30.0 Å². The SMILES string of the molecule is C=Cc1cc(Cl)cnc1C=O. The fourth-order valence-electron chi connectivity index (χ4n) is 0.727. The summed E-state index contributed by atoms with van der Waals surface area (Å²) >= 11 is 5.63. The summed E-state index contributed by atoms with van der Waals surface area (Å²) in [7, 11) is 0. The Labute approximate surface area is 69.5 Å². The summed E-state index contributed by atoms with van der Waals surface area (Å²) < 4.78 is 0. The average Bonchev–Trinajstić information content (AvgIpc) is 2.04. The number of pyridine rings is 1. The Kier molecular flexibility index (Phi) is 2.39. The third-order valence-corrected chi connectivity index (χ3v) is 1.45. The van der Waals surface area contributed by atoms with Crippen molar-refractivity contribution in [3.63, 3.8) is 0 Å². The van der Waals surface area contributed by atoms with E-state index in [1.807, 2.05) is 0 Å². The first-order valence-corrected chi connectivity index (χ1v) is 3.39. The summed E-state index contributed by atoms with van der Waals surface area (Å²) in [5.41, 5.74) is 1.02. The van der Waals surface area contributed by atoms with Gasteiger partial charge in [0.1, 0.15) is 5.69 Å². The molecule has 0 aliphatic rings. The van der Waals surface area contributed by atoms with Crippen LogP contribution >= 0.6 is 11.6 Å². The molecule has 0 saturated carbocycles. The van der Waals surface area contributed by atoms with Crippen LogP contribution < -0.4 is 0 Å². The Bertz CT molecular complexity index is 296. The highest BCUT2D eigenvalue weighted by Crippen LogP contribution is 2.12. The molecule has 1 aromatic rings. The van der Waals surface area contributed by atoms with Gasteiger partial charge in [0.15, 0.2) is 6.29 Å². The summed E-state index contributed by atoms with van der Waals surface area (Å²) in [5.74, 6) is 0. The van der Waals surface area contributed by atoms with Gasteiger partial charge < -0.3 is 0 Å². The molecule has 0 amide bonds. The summed E-state index contributed by atoms with van der Waals surface area (Å²) in [6, 6.07) is 1.64. The summed E-state index contributed by atoms with van der Waals surface area (Å²) in [6.07, 6.45) is 3.65. The van der Waals surface area contributed by atoms with Crippen molar-refractivity contribution >= 4 is 24.0 Å². The quantitative estimate of drug-likeness (QED) is 0.632. The van der Waals surface area contributed by atoms with Crippen LogP contribution in [0.3, 0.4) is 0 Å². The number of hydrogen-bond acceptors (Lipinski definition) is 2. The second-order valence-corrected chi connectivity index (χ2v) is 2.39. The third-order valence-electron chi connectivity index (χ3n) is 1.25. The molecule has 0 fully saturated rings. The standard InChI is InChI=1S/C8H6ClNO/c1-2-6-3-7(9)4-10-8(6)5-11/h2-5H,1H2. The minimum absolute atomic E-state index is 0.365. The predicted octanol–water partition coefficient (Wildman–Crippen LogP) is 2.19. The van der Waals surface area contributed by atoms with E-state index in [0.29, 0.717) is 22.6 Å². The molecule has 1 heterocycles. The number of aldehydes is 1. The highest BCUT2D eigenvalue weighted by atomic mass is 35.5. The van der Waals surface area contributed by atoms with Gasteiger partial charge in [-0.3, -0.25) is 9.78 Å². The predicted molar refractivity (Wildman–Crippen MR) is 44.7 cm³/mol. The normalized spacial score (nSPS) is 9.18. The number of rotatable bonds is 2. The van der Waals surface area contributed by atoms with Crippen molar-refractivity contribution in [1.82, 2.24) is 4.98 Å². The molecule has 0 aliphatic carbocycles. The van der Waals surface area contributed by atoms with Crippen LogP contribution in [0, 0.1) is 0 Å². The maximum absolute atomic E-state index is 10.3. The fraction of sp³-hybridized carbons (Fsp3) is 0. The molecular formula is C8H6ClNO. The lowest BCUT2D eigenvalue weighted by molar-refractivity contribution is 0.111. The van der Waals surface area contributed by atoms with E-state index in [1.165, 1.54) is 6.20 Å². The first kappa shape index (κ1) is 7.95. The molecule has 3 heteroatoms. The van der Waals surface area contributed by atoms with Crippen molar-refractivity contribution < 1.29 is 4.79 Å². The van der Waals surface area contributed by atoms with Crippen LogP contribution in [0.4, 0.5) is 0 Å². The smallest absolute Gasteiger partial charge is 0.169 e. The summed E-state index contributed by atoms with van der Waals surface area (Å²) in [4.78, 5) is 14.1. The van der Waals surface area contributed by atoms with E-state index in [-0.39, 0.29) is 0 Å². The number of nitrogens with zero attached hydrogens (tertiary/aromatic N) is 1. The van der Waals surface area contributed by atoms with Gasteiger partial charge in [-0.1, -0.05) is 24.3 Å². The lowest BCUT2D eigenvalue weighted by Gasteiger charge is -1.96. The maximum atomic E-state index is 10.3. The molecule has 0 unspecified atom stereocenters. The zero-order chi connectivity index (χ0) is 8.27. The largest absolute Gasteiger partial charge is 0.296 e. The second kappa shape index (κ2) is 3.30. The van der Waals surface area contributed by atoms with E-state index in [1.54, 1.807) is 12.1 Å². The second-order valence-electron chi connectivity index (χ2n) is 1.95. The van der Waals surface area contributed by atoms with Gasteiger partial charge in [-0.2, -0.15) is 0 Å². The van der Waals surface area contributed by atoms with E-state index in [2.05, 4.69) is 11.6 Å². The maximum Gasteiger partial charge on any atom is 0.169 e. The number of carbonyl (C=O) groups is 1. The van der Waals surface area contributed by atoms with Gasteiger partial charge in [-0.15, -0.1) is 0 Å². The molecule has 0 spiro atoms. The molecule has 0 aromatic carbocycles. The molecule has 56 valence electrons. The van der Waals surface area contributed by atoms with E-state index < -0.39 is 0 Å². The van der Waals surface area contributed by atoms with E-state index in [9.17, 15) is 4.79 Å². The number of aromatic nitrogens is 1. The molecule has 0 saturated heterocycles. The van der Waals surface area contributed by atoms with Crippen molar-refractivity contribution in [2.24, 2.45) is 0 Å². The van der Waals surface area contributed by atoms with Crippen molar-refractivity contribution in [3.05, 3.63) is 35.1 Å². The molecule has 0 radical (unpaired) electrons. The minimum Gasteiger partial charge on any atom is -0.296 e. The molecule has 2 nitrogen and oxygen atoms in total. The number of hydrogen-bond donors (Lipinski definition) is 0. The van der Waals surface area contributed by atoms with Crippen LogP contribution in [0.15, 0.2) is 18.8 Å². The fourth-order valence-corrected chi connectivity index (χ4v) is 0.894. The lowest BCUT2D eigenvalue weighted by atomic mass is 10.2. The van der Waals surface area contributed by atoms with Crippen LogP contribution in [0.25, 0.3) is 6.08 Å². The van der Waals surface area contributed by atoms with E-state index >= 15 is 0 Å². The molecule has 1 aromatic heterocycles. The molecular weight excluding hydrogens is 162 g/mol. The Balaban J connectivity index is 3.26. The highest BCUT2D eigenvalue weighted by Gasteiger charge is 1.98. The van der Waals surface area contributed by atoms with Gasteiger partial charge >= 0.3 is 0 Å². The van der Waals surface area contributed by atoms with Gasteiger partial charge in [-0.25, -0.2) is 0 Å². The molecule has 11 heavy (non-hydrogen) atoms. The van der Waals surface area contributed by atoms with E-state index in [0.717, 1.165) is 0 Å². The van der Waals surface area contributed by atoms with Crippen LogP contribution in [-0.4, -0.2) is 11.3 Å². The van der Waals surface area contributed by atoms with Crippen LogP contribution in [0.5, 0.6) is 0 Å². The van der Waals surface area contributed by atoms with Crippen molar-refractivity contribution in [1.29, 1.82) is 0 Å². The molecule has 0 atom stereocenters. The molecule has 0 bridgehead atoms. The number of carbonyl (C=O) groups excluding carboxylic acids is 1. The summed E-state index contributed by atoms with van der Waals surface area (Å²) in [5, 5.41) is 0.505. The summed E-state index contributed by atoms with van der Waals surface area (Å²) in [6.45, 7) is 3.52. The minimum atomic E-state index is 0.365. The first-order chi connectivity index (χ1) is 5.27. The highest BCUT2D eigenvalue weighted by molar-refractivity contribution is 6.30.